The number of aryl methyl sites for hydroxylation is 3. The number of nitrogens with one attached hydrogen (secondary N) is 2. The number of fused-ring (bicyclic) bond motifs is 1. The molecule has 0 aromatic carbocycles. The van der Waals surface area contributed by atoms with E-state index in [0.29, 0.717) is 24.3 Å². The second-order valence-corrected chi connectivity index (χ2v) is 7.34. The van der Waals surface area contributed by atoms with Gasteiger partial charge in [0.15, 0.2) is 18.4 Å². The highest BCUT2D eigenvalue weighted by molar-refractivity contribution is 5.95. The van der Waals surface area contributed by atoms with Gasteiger partial charge in [-0.1, -0.05) is 5.16 Å². The monoisotopic (exact) mass is 450 g/mol. The number of carboxylic acid groups (broad SMARTS) is 1. The van der Waals surface area contributed by atoms with Crippen LogP contribution < -0.4 is 20.3 Å². The van der Waals surface area contributed by atoms with Crippen LogP contribution in [-0.2, 0) is 11.3 Å². The van der Waals surface area contributed by atoms with Crippen LogP contribution in [0.2, 0.25) is 0 Å². The van der Waals surface area contributed by atoms with Crippen LogP contribution in [0.15, 0.2) is 47.4 Å². The molecule has 0 saturated heterocycles. The van der Waals surface area contributed by atoms with Gasteiger partial charge in [-0.05, 0) is 26.0 Å². The smallest absolute Gasteiger partial charge is 0.251 e. The zero-order valence-corrected chi connectivity index (χ0v) is 19.0. The molecule has 0 aliphatic rings. The molecule has 0 aliphatic carbocycles. The Morgan fingerprint density at radius 3 is 2.67 bits per heavy atom. The number of aromatic nitrogens is 4. The first-order chi connectivity index (χ1) is 15.9. The van der Waals surface area contributed by atoms with Gasteiger partial charge in [-0.2, -0.15) is 0 Å². The Balaban J connectivity index is 0.000000968. The number of hydrogen-bond donors (Lipinski definition) is 2. The van der Waals surface area contributed by atoms with Crippen molar-refractivity contribution in [3.63, 3.8) is 0 Å². The quantitative estimate of drug-likeness (QED) is 0.332. The van der Waals surface area contributed by atoms with Gasteiger partial charge in [0.1, 0.15) is 11.4 Å². The summed E-state index contributed by atoms with van der Waals surface area (Å²) >= 11 is 0. The molecule has 0 radical (unpaired) electrons. The lowest BCUT2D eigenvalue weighted by Crippen LogP contribution is -2.42. The van der Waals surface area contributed by atoms with Crippen molar-refractivity contribution in [2.75, 3.05) is 18.9 Å². The second kappa shape index (κ2) is 10.4. The van der Waals surface area contributed by atoms with Gasteiger partial charge in [-0.25, -0.2) is 9.55 Å². The maximum absolute atomic E-state index is 12.6. The fourth-order valence-corrected chi connectivity index (χ4v) is 3.60. The van der Waals surface area contributed by atoms with Gasteiger partial charge in [0.2, 0.25) is 0 Å². The Labute approximate surface area is 190 Å². The highest BCUT2D eigenvalue weighted by Gasteiger charge is 2.17. The molecular formula is C23H26N6O4. The molecule has 0 spiro atoms. The van der Waals surface area contributed by atoms with E-state index in [2.05, 4.69) is 31.4 Å². The van der Waals surface area contributed by atoms with E-state index in [-0.39, 0.29) is 5.91 Å². The molecule has 0 fully saturated rings. The molecule has 0 bridgehead atoms. The molecule has 2 N–H and O–H groups in total. The van der Waals surface area contributed by atoms with Gasteiger partial charge in [-0.3, -0.25) is 9.20 Å². The topological polar surface area (TPSA) is 128 Å². The third kappa shape index (κ3) is 5.17. The molecule has 0 atom stereocenters. The summed E-state index contributed by atoms with van der Waals surface area (Å²) < 4.78 is 9.31. The second-order valence-electron chi connectivity index (χ2n) is 7.34. The Hall–Kier alpha value is -4.21. The standard InChI is InChI=1S/C22H24N6O2.CH2O2/c1-14-11-18(23-4)6-8-27(14)10-7-24-22(29)17-5-9-28-19(13-25-20(28)12-17)21-15(2)26-30-16(21)3;2-1-3/h5-6,8-9,11-13H,7,10H2,1-4H3,(H,24,29);1H,(H,2,3). The van der Waals surface area contributed by atoms with Gasteiger partial charge in [-0.15, -0.1) is 0 Å². The third-order valence-electron chi connectivity index (χ3n) is 5.24. The molecule has 0 unspecified atom stereocenters. The Kier molecular flexibility index (Phi) is 7.39. The number of imidazole rings is 1. The van der Waals surface area contributed by atoms with E-state index in [0.717, 1.165) is 34.1 Å². The summed E-state index contributed by atoms with van der Waals surface area (Å²) in [5.41, 5.74) is 6.10. The van der Waals surface area contributed by atoms with E-state index >= 15 is 0 Å². The highest BCUT2D eigenvalue weighted by atomic mass is 16.5. The maximum Gasteiger partial charge on any atom is 0.251 e. The van der Waals surface area contributed by atoms with Gasteiger partial charge in [0, 0.05) is 50.0 Å². The normalized spacial score (nSPS) is 10.4. The first kappa shape index (κ1) is 23.5. The molecule has 0 saturated carbocycles. The average Bonchev–Trinajstić information content (AvgIpc) is 3.36. The molecule has 4 aromatic heterocycles. The maximum atomic E-state index is 12.6. The number of carbonyl (C=O) groups excluding carboxylic acids is 2. The lowest BCUT2D eigenvalue weighted by Gasteiger charge is -2.07. The molecule has 33 heavy (non-hydrogen) atoms. The van der Waals surface area contributed by atoms with Crippen LogP contribution in [0.5, 0.6) is 0 Å². The molecule has 4 rings (SSSR count). The van der Waals surface area contributed by atoms with E-state index < -0.39 is 6.47 Å². The molecule has 10 heteroatoms. The summed E-state index contributed by atoms with van der Waals surface area (Å²) in [6, 6.07) is 7.67. The van der Waals surface area contributed by atoms with Gasteiger partial charge >= 0.3 is 0 Å². The molecule has 4 aromatic rings. The lowest BCUT2D eigenvalue weighted by molar-refractivity contribution is -0.700. The van der Waals surface area contributed by atoms with Crippen LogP contribution in [0.3, 0.4) is 0 Å². The summed E-state index contributed by atoms with van der Waals surface area (Å²) in [6.45, 7) is 6.56. The van der Waals surface area contributed by atoms with Crippen LogP contribution in [0.25, 0.3) is 16.9 Å². The molecule has 0 aliphatic heterocycles. The number of nitrogens with zero attached hydrogens (tertiary/aromatic N) is 4. The molecule has 172 valence electrons. The van der Waals surface area contributed by atoms with Crippen LogP contribution in [0.4, 0.5) is 5.69 Å². The highest BCUT2D eigenvalue weighted by Crippen LogP contribution is 2.27. The van der Waals surface area contributed by atoms with Crippen LogP contribution in [0.1, 0.15) is 27.5 Å². The van der Waals surface area contributed by atoms with Gasteiger partial charge in [0.25, 0.3) is 5.91 Å². The van der Waals surface area contributed by atoms with Crippen molar-refractivity contribution >= 4 is 23.7 Å². The van der Waals surface area contributed by atoms with Crippen LogP contribution in [0, 0.1) is 20.8 Å². The summed E-state index contributed by atoms with van der Waals surface area (Å²) in [7, 11) is 1.90. The Morgan fingerprint density at radius 1 is 1.27 bits per heavy atom. The Morgan fingerprint density at radius 2 is 2.03 bits per heavy atom. The van der Waals surface area contributed by atoms with Crippen LogP contribution in [-0.4, -0.2) is 40.5 Å². The van der Waals surface area contributed by atoms with E-state index in [4.69, 9.17) is 14.4 Å². The number of rotatable bonds is 6. The zero-order valence-electron chi connectivity index (χ0n) is 19.0. The average molecular weight is 450 g/mol. The molecule has 10 nitrogen and oxygen atoms in total. The fraction of sp³-hybridized carbons (Fsp3) is 0.261. The van der Waals surface area contributed by atoms with E-state index in [1.54, 1.807) is 18.3 Å². The van der Waals surface area contributed by atoms with Crippen molar-refractivity contribution in [3.05, 3.63) is 65.6 Å². The SMILES string of the molecule is CNc1cc[n+](CCNC(=O)c2ccn3c(-c4c(C)noc4C)cnc3c2)c(C)c1.O=C[O-]. The number of hydrogen-bond acceptors (Lipinski definition) is 7. The van der Waals surface area contributed by atoms with E-state index in [1.165, 1.54) is 0 Å². The largest absolute Gasteiger partial charge is 0.554 e. The summed E-state index contributed by atoms with van der Waals surface area (Å²) in [6.07, 6.45) is 5.64. The van der Waals surface area contributed by atoms with Crippen molar-refractivity contribution in [2.45, 2.75) is 27.3 Å². The number of carbonyl (C=O) groups is 2. The minimum atomic E-state index is -0.500. The molecular weight excluding hydrogens is 424 g/mol. The van der Waals surface area contributed by atoms with Crippen molar-refractivity contribution in [3.8, 4) is 11.3 Å². The summed E-state index contributed by atoms with van der Waals surface area (Å²) in [5, 5.41) is 18.4. The minimum absolute atomic E-state index is 0.121. The fourth-order valence-electron chi connectivity index (χ4n) is 3.60. The number of amides is 1. The van der Waals surface area contributed by atoms with Crippen molar-refractivity contribution in [1.82, 2.24) is 19.9 Å². The summed E-state index contributed by atoms with van der Waals surface area (Å²) in [4.78, 5) is 25.3. The minimum Gasteiger partial charge on any atom is -0.554 e. The predicted molar refractivity (Wildman–Crippen MR) is 119 cm³/mol. The first-order valence-electron chi connectivity index (χ1n) is 10.3. The van der Waals surface area contributed by atoms with E-state index in [1.807, 2.05) is 50.7 Å². The Bertz CT molecular complexity index is 1260. The van der Waals surface area contributed by atoms with Gasteiger partial charge in [0.05, 0.1) is 29.7 Å². The third-order valence-corrected chi connectivity index (χ3v) is 5.24. The number of pyridine rings is 2. The first-order valence-corrected chi connectivity index (χ1v) is 10.3. The van der Waals surface area contributed by atoms with Gasteiger partial charge < -0.3 is 25.1 Å². The lowest BCUT2D eigenvalue weighted by atomic mass is 10.1. The number of anilines is 1. The predicted octanol–water partition coefficient (Wildman–Crippen LogP) is 1.04. The van der Waals surface area contributed by atoms with Crippen LogP contribution >= 0.6 is 0 Å². The van der Waals surface area contributed by atoms with Crippen molar-refractivity contribution < 1.29 is 23.8 Å². The summed E-state index contributed by atoms with van der Waals surface area (Å²) in [5.74, 6) is 0.621. The zero-order chi connectivity index (χ0) is 24.0. The van der Waals surface area contributed by atoms with Crippen molar-refractivity contribution in [2.24, 2.45) is 0 Å². The van der Waals surface area contributed by atoms with E-state index in [9.17, 15) is 4.79 Å². The molecule has 1 amide bonds. The van der Waals surface area contributed by atoms with Crippen molar-refractivity contribution in [1.29, 1.82) is 0 Å². The molecule has 4 heterocycles.